The summed E-state index contributed by atoms with van der Waals surface area (Å²) in [5.74, 6) is 1.24. The van der Waals surface area contributed by atoms with Crippen LogP contribution in [0.15, 0.2) is 65.7 Å². The first kappa shape index (κ1) is 15.8. The number of fused-ring (bicyclic) bond motifs is 1. The fourth-order valence-electron chi connectivity index (χ4n) is 2.82. The summed E-state index contributed by atoms with van der Waals surface area (Å²) in [5.41, 5.74) is 0.847. The predicted molar refractivity (Wildman–Crippen MR) is 97.1 cm³/mol. The van der Waals surface area contributed by atoms with E-state index in [1.807, 2.05) is 54.6 Å². The highest BCUT2D eigenvalue weighted by Gasteiger charge is 2.44. The van der Waals surface area contributed by atoms with E-state index >= 15 is 0 Å². The Morgan fingerprint density at radius 2 is 1.76 bits per heavy atom. The minimum Gasteiger partial charge on any atom is -0.457 e. The Morgan fingerprint density at radius 3 is 2.48 bits per heavy atom. The molecule has 2 aromatic rings. The van der Waals surface area contributed by atoms with Crippen LogP contribution in [0.3, 0.4) is 0 Å². The van der Waals surface area contributed by atoms with Crippen molar-refractivity contribution in [1.82, 2.24) is 4.90 Å². The van der Waals surface area contributed by atoms with Crippen LogP contribution in [0.5, 0.6) is 11.5 Å². The van der Waals surface area contributed by atoms with Crippen molar-refractivity contribution in [2.45, 2.75) is 18.2 Å². The van der Waals surface area contributed by atoms with Crippen LogP contribution in [0, 0.1) is 0 Å². The van der Waals surface area contributed by atoms with Gasteiger partial charge in [-0.3, -0.25) is 14.5 Å². The number of thioether (sulfide) groups is 1. The van der Waals surface area contributed by atoms with Gasteiger partial charge in [0.05, 0.1) is 10.3 Å². The molecule has 2 heterocycles. The lowest BCUT2D eigenvalue weighted by atomic mass is 10.3. The van der Waals surface area contributed by atoms with Crippen LogP contribution < -0.4 is 10.1 Å². The van der Waals surface area contributed by atoms with Crippen LogP contribution in [-0.4, -0.2) is 22.1 Å². The fourth-order valence-corrected chi connectivity index (χ4v) is 3.99. The molecule has 4 rings (SSSR count). The van der Waals surface area contributed by atoms with Gasteiger partial charge >= 0.3 is 0 Å². The van der Waals surface area contributed by atoms with Crippen LogP contribution in [0.25, 0.3) is 0 Å². The average Bonchev–Trinajstić information content (AvgIpc) is 3.15. The van der Waals surface area contributed by atoms with Gasteiger partial charge in [0, 0.05) is 18.3 Å². The van der Waals surface area contributed by atoms with E-state index in [0.29, 0.717) is 11.3 Å². The molecule has 1 atom stereocenters. The number of nitrogens with zero attached hydrogens (tertiary/aromatic N) is 1. The van der Waals surface area contributed by atoms with E-state index in [4.69, 9.17) is 4.74 Å². The molecule has 0 bridgehead atoms. The molecule has 2 aliphatic heterocycles. The Hall–Kier alpha value is -2.73. The van der Waals surface area contributed by atoms with Gasteiger partial charge in [-0.05, 0) is 42.8 Å². The number of carbonyl (C=O) groups is 2. The Morgan fingerprint density at radius 1 is 1.04 bits per heavy atom. The zero-order valence-electron chi connectivity index (χ0n) is 13.3. The maximum absolute atomic E-state index is 12.2. The second kappa shape index (κ2) is 6.64. The van der Waals surface area contributed by atoms with Crippen LogP contribution in [0.2, 0.25) is 0 Å². The number of hydrogen-bond donors (Lipinski definition) is 1. The van der Waals surface area contributed by atoms with Gasteiger partial charge in [0.15, 0.2) is 0 Å². The molecule has 0 saturated carbocycles. The Balaban J connectivity index is 1.40. The Bertz CT molecular complexity index is 834. The predicted octanol–water partition coefficient (Wildman–Crippen LogP) is 3.95. The lowest BCUT2D eigenvalue weighted by Crippen LogP contribution is -2.31. The highest BCUT2D eigenvalue weighted by Crippen LogP contribution is 2.41. The number of nitrogens with one attached hydrogen (secondary N) is 1. The van der Waals surface area contributed by atoms with E-state index in [-0.39, 0.29) is 17.2 Å². The monoisotopic (exact) mass is 352 g/mol. The number of carbonyl (C=O) groups excluding carboxylic acids is 2. The number of amides is 2. The van der Waals surface area contributed by atoms with E-state index < -0.39 is 0 Å². The molecule has 2 aromatic carbocycles. The van der Waals surface area contributed by atoms with Crippen molar-refractivity contribution in [3.63, 3.8) is 0 Å². The lowest BCUT2D eigenvalue weighted by molar-refractivity contribution is -0.138. The molecule has 2 amide bonds. The van der Waals surface area contributed by atoms with Gasteiger partial charge in [-0.1, -0.05) is 30.0 Å². The topological polar surface area (TPSA) is 58.6 Å². The van der Waals surface area contributed by atoms with Crippen molar-refractivity contribution in [3.8, 4) is 11.5 Å². The van der Waals surface area contributed by atoms with Crippen molar-refractivity contribution in [2.75, 3.05) is 5.32 Å². The van der Waals surface area contributed by atoms with Crippen molar-refractivity contribution >= 4 is 29.3 Å². The van der Waals surface area contributed by atoms with E-state index in [2.05, 4.69) is 5.32 Å². The number of hydrogen-bond acceptors (Lipinski definition) is 5. The third-order valence-electron chi connectivity index (χ3n) is 4.06. The zero-order chi connectivity index (χ0) is 17.2. The maximum atomic E-state index is 12.2. The lowest BCUT2D eigenvalue weighted by Gasteiger charge is -2.09. The summed E-state index contributed by atoms with van der Waals surface area (Å²) in [4.78, 5) is 25.9. The SMILES string of the molecule is O=C1CCC2SC(=CNc3ccc(Oc4ccccc4)cc3)C(=O)N12. The van der Waals surface area contributed by atoms with Crippen LogP contribution in [0.1, 0.15) is 12.8 Å². The zero-order valence-corrected chi connectivity index (χ0v) is 14.2. The average molecular weight is 352 g/mol. The van der Waals surface area contributed by atoms with Gasteiger partial charge in [-0.25, -0.2) is 0 Å². The molecule has 25 heavy (non-hydrogen) atoms. The molecule has 5 nitrogen and oxygen atoms in total. The molecular formula is C19H16N2O3S. The summed E-state index contributed by atoms with van der Waals surface area (Å²) in [6.07, 6.45) is 2.87. The number of anilines is 1. The molecule has 0 spiro atoms. The minimum atomic E-state index is -0.200. The molecule has 126 valence electrons. The number of rotatable bonds is 4. The number of imide groups is 1. The van der Waals surface area contributed by atoms with E-state index in [9.17, 15) is 9.59 Å². The highest BCUT2D eigenvalue weighted by atomic mass is 32.2. The molecule has 0 aliphatic carbocycles. The standard InChI is InChI=1S/C19H16N2O3S/c22-17-10-11-18-21(17)19(23)16(25-18)12-20-13-6-8-15(9-7-13)24-14-4-2-1-3-5-14/h1-9,12,18,20H,10-11H2. The van der Waals surface area contributed by atoms with E-state index in [0.717, 1.165) is 23.6 Å². The van der Waals surface area contributed by atoms with Crippen molar-refractivity contribution in [3.05, 3.63) is 65.7 Å². The maximum Gasteiger partial charge on any atom is 0.269 e. The molecule has 6 heteroatoms. The summed E-state index contributed by atoms with van der Waals surface area (Å²) in [5, 5.41) is 3.08. The first-order chi connectivity index (χ1) is 12.2. The molecule has 2 saturated heterocycles. The van der Waals surface area contributed by atoms with Gasteiger partial charge in [-0.15, -0.1) is 0 Å². The van der Waals surface area contributed by atoms with E-state index in [1.165, 1.54) is 16.7 Å². The smallest absolute Gasteiger partial charge is 0.269 e. The normalized spacial score (nSPS) is 20.9. The first-order valence-corrected chi connectivity index (χ1v) is 8.91. The molecule has 0 aromatic heterocycles. The number of para-hydroxylation sites is 1. The number of ether oxygens (including phenoxy) is 1. The highest BCUT2D eigenvalue weighted by molar-refractivity contribution is 8.05. The minimum absolute atomic E-state index is 0.0327. The molecule has 1 unspecified atom stereocenters. The Kier molecular flexibility index (Phi) is 4.19. The van der Waals surface area contributed by atoms with Crippen molar-refractivity contribution < 1.29 is 14.3 Å². The molecule has 0 radical (unpaired) electrons. The fraction of sp³-hybridized carbons (Fsp3) is 0.158. The second-order valence-corrected chi connectivity index (χ2v) is 6.99. The first-order valence-electron chi connectivity index (χ1n) is 8.03. The van der Waals surface area contributed by atoms with Crippen molar-refractivity contribution in [2.24, 2.45) is 0 Å². The summed E-state index contributed by atoms with van der Waals surface area (Å²) in [7, 11) is 0. The molecule has 2 aliphatic rings. The van der Waals surface area contributed by atoms with Gasteiger partial charge in [0.25, 0.3) is 5.91 Å². The van der Waals surface area contributed by atoms with E-state index in [1.54, 1.807) is 6.20 Å². The van der Waals surface area contributed by atoms with Gasteiger partial charge in [0.1, 0.15) is 11.5 Å². The third-order valence-corrected chi connectivity index (χ3v) is 5.32. The largest absolute Gasteiger partial charge is 0.457 e. The quantitative estimate of drug-likeness (QED) is 0.667. The summed E-state index contributed by atoms with van der Waals surface area (Å²) in [6, 6.07) is 17.1. The van der Waals surface area contributed by atoms with Crippen molar-refractivity contribution in [1.29, 1.82) is 0 Å². The second-order valence-electron chi connectivity index (χ2n) is 5.77. The van der Waals surface area contributed by atoms with Gasteiger partial charge in [0.2, 0.25) is 5.91 Å². The summed E-state index contributed by atoms with van der Waals surface area (Å²) < 4.78 is 5.74. The third kappa shape index (κ3) is 3.25. The van der Waals surface area contributed by atoms with Gasteiger partial charge in [-0.2, -0.15) is 0 Å². The van der Waals surface area contributed by atoms with Crippen LogP contribution >= 0.6 is 11.8 Å². The molecular weight excluding hydrogens is 336 g/mol. The molecule has 1 N–H and O–H groups in total. The van der Waals surface area contributed by atoms with Crippen LogP contribution in [-0.2, 0) is 9.59 Å². The number of benzene rings is 2. The van der Waals surface area contributed by atoms with Gasteiger partial charge < -0.3 is 10.1 Å². The summed E-state index contributed by atoms with van der Waals surface area (Å²) in [6.45, 7) is 0. The molecule has 2 fully saturated rings. The summed E-state index contributed by atoms with van der Waals surface area (Å²) >= 11 is 1.45. The Labute approximate surface area is 149 Å². The van der Waals surface area contributed by atoms with Crippen LogP contribution in [0.4, 0.5) is 5.69 Å².